The summed E-state index contributed by atoms with van der Waals surface area (Å²) in [5, 5.41) is 5.78. The average Bonchev–Trinajstić information content (AvgIpc) is 2.73. The molecule has 1 aliphatic heterocycles. The van der Waals surface area contributed by atoms with E-state index in [0.717, 1.165) is 11.5 Å². The zero-order chi connectivity index (χ0) is 12.1. The summed E-state index contributed by atoms with van der Waals surface area (Å²) < 4.78 is 14.6. The Morgan fingerprint density at radius 1 is 1.59 bits per heavy atom. The van der Waals surface area contributed by atoms with E-state index in [1.54, 1.807) is 6.92 Å². The Balaban J connectivity index is 1.70. The SMILES string of the molecule is Cc1nsc(NC(=O)NCC2COCCO2)n1. The molecule has 8 heteroatoms. The molecule has 0 aliphatic carbocycles. The van der Waals surface area contributed by atoms with E-state index >= 15 is 0 Å². The fraction of sp³-hybridized carbons (Fsp3) is 0.667. The molecule has 1 aromatic heterocycles. The lowest BCUT2D eigenvalue weighted by molar-refractivity contribution is -0.0852. The molecule has 1 unspecified atom stereocenters. The number of carbonyl (C=O) groups excluding carboxylic acids is 1. The summed E-state index contributed by atoms with van der Waals surface area (Å²) in [7, 11) is 0. The van der Waals surface area contributed by atoms with Gasteiger partial charge in [0, 0.05) is 18.1 Å². The molecule has 1 atom stereocenters. The fourth-order valence-electron chi connectivity index (χ4n) is 1.35. The summed E-state index contributed by atoms with van der Waals surface area (Å²) in [6.07, 6.45) is -0.0781. The van der Waals surface area contributed by atoms with Crippen molar-refractivity contribution in [2.45, 2.75) is 13.0 Å². The van der Waals surface area contributed by atoms with Crippen molar-refractivity contribution in [3.63, 3.8) is 0 Å². The van der Waals surface area contributed by atoms with Gasteiger partial charge < -0.3 is 14.8 Å². The molecule has 1 aliphatic rings. The van der Waals surface area contributed by atoms with Crippen LogP contribution in [0.5, 0.6) is 0 Å². The number of rotatable bonds is 3. The van der Waals surface area contributed by atoms with Crippen molar-refractivity contribution in [3.05, 3.63) is 5.82 Å². The first kappa shape index (κ1) is 12.2. The number of aromatic nitrogens is 2. The number of hydrogen-bond acceptors (Lipinski definition) is 6. The zero-order valence-electron chi connectivity index (χ0n) is 9.43. The number of carbonyl (C=O) groups is 1. The molecule has 0 radical (unpaired) electrons. The lowest BCUT2D eigenvalue weighted by Crippen LogP contribution is -2.41. The molecule has 0 saturated carbocycles. The van der Waals surface area contributed by atoms with Gasteiger partial charge in [0.2, 0.25) is 5.13 Å². The Kier molecular flexibility index (Phi) is 4.24. The first-order valence-electron chi connectivity index (χ1n) is 5.28. The molecular weight excluding hydrogens is 244 g/mol. The molecule has 7 nitrogen and oxygen atoms in total. The first-order chi connectivity index (χ1) is 8.24. The van der Waals surface area contributed by atoms with Crippen LogP contribution in [0.3, 0.4) is 0 Å². The highest BCUT2D eigenvalue weighted by atomic mass is 32.1. The number of ether oxygens (including phenoxy) is 2. The van der Waals surface area contributed by atoms with Crippen molar-refractivity contribution in [1.29, 1.82) is 0 Å². The second-order valence-electron chi connectivity index (χ2n) is 3.55. The van der Waals surface area contributed by atoms with E-state index in [1.165, 1.54) is 0 Å². The molecule has 0 spiro atoms. The Labute approximate surface area is 103 Å². The van der Waals surface area contributed by atoms with Gasteiger partial charge in [0.05, 0.1) is 25.9 Å². The minimum atomic E-state index is -0.310. The van der Waals surface area contributed by atoms with Gasteiger partial charge in [0.1, 0.15) is 5.82 Å². The van der Waals surface area contributed by atoms with Crippen molar-refractivity contribution < 1.29 is 14.3 Å². The van der Waals surface area contributed by atoms with Gasteiger partial charge in [-0.1, -0.05) is 0 Å². The maximum absolute atomic E-state index is 11.5. The summed E-state index contributed by atoms with van der Waals surface area (Å²) >= 11 is 1.15. The summed E-state index contributed by atoms with van der Waals surface area (Å²) in [6.45, 7) is 3.89. The zero-order valence-corrected chi connectivity index (χ0v) is 10.2. The molecular formula is C9H14N4O3S. The summed E-state index contributed by atoms with van der Waals surface area (Å²) in [4.78, 5) is 15.5. The number of nitrogens with zero attached hydrogens (tertiary/aromatic N) is 2. The van der Waals surface area contributed by atoms with Gasteiger partial charge in [-0.2, -0.15) is 4.37 Å². The van der Waals surface area contributed by atoms with Gasteiger partial charge in [-0.05, 0) is 6.92 Å². The molecule has 0 bridgehead atoms. The molecule has 94 valence electrons. The summed E-state index contributed by atoms with van der Waals surface area (Å²) in [5.74, 6) is 0.648. The van der Waals surface area contributed by atoms with E-state index in [2.05, 4.69) is 20.0 Å². The van der Waals surface area contributed by atoms with Gasteiger partial charge in [-0.3, -0.25) is 5.32 Å². The standard InChI is InChI=1S/C9H14N4O3S/c1-6-11-9(17-13-6)12-8(14)10-4-7-5-15-2-3-16-7/h7H,2-5H2,1H3,(H2,10,11,12,13,14). The second kappa shape index (κ2) is 5.89. The van der Waals surface area contributed by atoms with E-state index in [0.29, 0.717) is 37.3 Å². The van der Waals surface area contributed by atoms with Crippen LogP contribution in [0.4, 0.5) is 9.93 Å². The van der Waals surface area contributed by atoms with E-state index in [9.17, 15) is 4.79 Å². The Morgan fingerprint density at radius 2 is 2.47 bits per heavy atom. The van der Waals surface area contributed by atoms with Crippen molar-refractivity contribution in [1.82, 2.24) is 14.7 Å². The van der Waals surface area contributed by atoms with Crippen LogP contribution in [0.15, 0.2) is 0 Å². The number of amides is 2. The second-order valence-corrected chi connectivity index (χ2v) is 4.30. The van der Waals surface area contributed by atoms with E-state index in [1.807, 2.05) is 0 Å². The van der Waals surface area contributed by atoms with Crippen LogP contribution >= 0.6 is 11.5 Å². The van der Waals surface area contributed by atoms with Crippen molar-refractivity contribution in [2.24, 2.45) is 0 Å². The molecule has 2 rings (SSSR count). The van der Waals surface area contributed by atoms with E-state index in [4.69, 9.17) is 9.47 Å². The molecule has 1 saturated heterocycles. The molecule has 2 heterocycles. The number of nitrogens with one attached hydrogen (secondary N) is 2. The molecule has 1 fully saturated rings. The Hall–Kier alpha value is -1.25. The maximum Gasteiger partial charge on any atom is 0.321 e. The fourth-order valence-corrected chi connectivity index (χ4v) is 1.92. The van der Waals surface area contributed by atoms with Crippen LogP contribution in [0, 0.1) is 6.92 Å². The molecule has 17 heavy (non-hydrogen) atoms. The molecule has 2 N–H and O–H groups in total. The third-order valence-corrected chi connectivity index (χ3v) is 2.85. The van der Waals surface area contributed by atoms with Crippen LogP contribution in [0.1, 0.15) is 5.82 Å². The quantitative estimate of drug-likeness (QED) is 0.819. The maximum atomic E-state index is 11.5. The highest BCUT2D eigenvalue weighted by Gasteiger charge is 2.15. The van der Waals surface area contributed by atoms with Crippen LogP contribution in [-0.2, 0) is 9.47 Å². The van der Waals surface area contributed by atoms with Crippen LogP contribution in [0.2, 0.25) is 0 Å². The van der Waals surface area contributed by atoms with Gasteiger partial charge in [-0.15, -0.1) is 0 Å². The highest BCUT2D eigenvalue weighted by molar-refractivity contribution is 7.09. The number of urea groups is 1. The third kappa shape index (κ3) is 3.91. The third-order valence-electron chi connectivity index (χ3n) is 2.12. The topological polar surface area (TPSA) is 85.4 Å². The van der Waals surface area contributed by atoms with Gasteiger partial charge in [0.25, 0.3) is 0 Å². The minimum absolute atomic E-state index is 0.0781. The first-order valence-corrected chi connectivity index (χ1v) is 6.06. The van der Waals surface area contributed by atoms with E-state index < -0.39 is 0 Å². The molecule has 2 amide bonds. The Bertz CT molecular complexity index is 378. The molecule has 1 aromatic rings. The van der Waals surface area contributed by atoms with Crippen molar-refractivity contribution >= 4 is 22.7 Å². The predicted octanol–water partition coefficient (Wildman–Crippen LogP) is 0.383. The summed E-state index contributed by atoms with van der Waals surface area (Å²) in [5.41, 5.74) is 0. The van der Waals surface area contributed by atoms with Crippen LogP contribution in [-0.4, -0.2) is 47.9 Å². The minimum Gasteiger partial charge on any atom is -0.376 e. The lowest BCUT2D eigenvalue weighted by Gasteiger charge is -2.22. The van der Waals surface area contributed by atoms with Gasteiger partial charge >= 0.3 is 6.03 Å². The lowest BCUT2D eigenvalue weighted by atomic mass is 10.3. The van der Waals surface area contributed by atoms with E-state index in [-0.39, 0.29) is 12.1 Å². The Morgan fingerprint density at radius 3 is 3.12 bits per heavy atom. The van der Waals surface area contributed by atoms with Crippen LogP contribution < -0.4 is 10.6 Å². The number of aryl methyl sites for hydroxylation is 1. The normalized spacial score (nSPS) is 19.9. The highest BCUT2D eigenvalue weighted by Crippen LogP contribution is 2.09. The predicted molar refractivity (Wildman–Crippen MR) is 62.2 cm³/mol. The monoisotopic (exact) mass is 258 g/mol. The average molecular weight is 258 g/mol. The number of hydrogen-bond donors (Lipinski definition) is 2. The van der Waals surface area contributed by atoms with Crippen molar-refractivity contribution in [3.8, 4) is 0 Å². The molecule has 0 aromatic carbocycles. The van der Waals surface area contributed by atoms with Crippen LogP contribution in [0.25, 0.3) is 0 Å². The van der Waals surface area contributed by atoms with Crippen molar-refractivity contribution in [2.75, 3.05) is 31.7 Å². The van der Waals surface area contributed by atoms with Gasteiger partial charge in [-0.25, -0.2) is 9.78 Å². The largest absolute Gasteiger partial charge is 0.376 e. The van der Waals surface area contributed by atoms with Gasteiger partial charge in [0.15, 0.2) is 0 Å². The summed E-state index contributed by atoms with van der Waals surface area (Å²) in [6, 6.07) is -0.310. The number of anilines is 1. The smallest absolute Gasteiger partial charge is 0.321 e.